The van der Waals surface area contributed by atoms with Crippen LogP contribution in [0.2, 0.25) is 0 Å². The zero-order valence-electron chi connectivity index (χ0n) is 15.6. The summed E-state index contributed by atoms with van der Waals surface area (Å²) in [4.78, 5) is 33.3. The maximum Gasteiger partial charge on any atom is 0.269 e. The molecule has 0 amide bonds. The number of fused-ring (bicyclic) bond motifs is 3. The van der Waals surface area contributed by atoms with Gasteiger partial charge in [0.05, 0.1) is 27.0 Å². The molecule has 0 radical (unpaired) electrons. The van der Waals surface area contributed by atoms with E-state index in [1.807, 2.05) is 42.5 Å². The molecule has 144 valence electrons. The zero-order chi connectivity index (χ0) is 20.7. The second kappa shape index (κ2) is 6.89. The van der Waals surface area contributed by atoms with Crippen LogP contribution in [0.1, 0.15) is 0 Å². The van der Waals surface area contributed by atoms with E-state index in [0.717, 1.165) is 16.5 Å². The topological polar surface area (TPSA) is 90.9 Å². The van der Waals surface area contributed by atoms with E-state index >= 15 is 0 Å². The van der Waals surface area contributed by atoms with Gasteiger partial charge in [-0.25, -0.2) is 4.98 Å². The van der Waals surface area contributed by atoms with E-state index in [-0.39, 0.29) is 11.2 Å². The molecule has 2 aromatic heterocycles. The summed E-state index contributed by atoms with van der Waals surface area (Å²) < 4.78 is 1.49. The van der Waals surface area contributed by atoms with Crippen LogP contribution in [-0.4, -0.2) is 19.5 Å². The first kappa shape index (κ1) is 17.7. The van der Waals surface area contributed by atoms with Crippen molar-refractivity contribution in [1.82, 2.24) is 14.5 Å². The van der Waals surface area contributed by atoms with Crippen molar-refractivity contribution in [3.63, 3.8) is 0 Å². The Hall–Kier alpha value is -4.39. The summed E-state index contributed by atoms with van der Waals surface area (Å²) in [6.07, 6.45) is 1.70. The molecule has 0 saturated carbocycles. The van der Waals surface area contributed by atoms with Gasteiger partial charge >= 0.3 is 0 Å². The van der Waals surface area contributed by atoms with Crippen LogP contribution in [0.3, 0.4) is 0 Å². The lowest BCUT2D eigenvalue weighted by Crippen LogP contribution is -2.22. The lowest BCUT2D eigenvalue weighted by molar-refractivity contribution is -0.384. The van der Waals surface area contributed by atoms with Crippen LogP contribution in [-0.2, 0) is 0 Å². The number of rotatable bonds is 3. The first-order chi connectivity index (χ1) is 14.6. The SMILES string of the molecule is O=c1c2ccc3ncccc3c2nc(-c2ccccc2)n1-c1ccc([N+](=O)[O-])cc1. The summed E-state index contributed by atoms with van der Waals surface area (Å²) in [5.74, 6) is 0.457. The normalized spacial score (nSPS) is 11.1. The highest BCUT2D eigenvalue weighted by Gasteiger charge is 2.17. The second-order valence-corrected chi connectivity index (χ2v) is 6.75. The van der Waals surface area contributed by atoms with Crippen molar-refractivity contribution in [3.8, 4) is 17.1 Å². The highest BCUT2D eigenvalue weighted by molar-refractivity contribution is 6.03. The summed E-state index contributed by atoms with van der Waals surface area (Å²) in [7, 11) is 0. The smallest absolute Gasteiger partial charge is 0.268 e. The molecular formula is C23H14N4O3. The van der Waals surface area contributed by atoms with Crippen LogP contribution in [0.4, 0.5) is 5.69 Å². The molecule has 3 aromatic carbocycles. The lowest BCUT2D eigenvalue weighted by Gasteiger charge is -2.14. The van der Waals surface area contributed by atoms with Crippen molar-refractivity contribution >= 4 is 27.5 Å². The number of pyridine rings is 1. The van der Waals surface area contributed by atoms with Crippen molar-refractivity contribution in [2.75, 3.05) is 0 Å². The number of hydrogen-bond acceptors (Lipinski definition) is 5. The van der Waals surface area contributed by atoms with Gasteiger partial charge in [-0.05, 0) is 36.4 Å². The van der Waals surface area contributed by atoms with Gasteiger partial charge in [0.15, 0.2) is 0 Å². The van der Waals surface area contributed by atoms with Gasteiger partial charge in [0.25, 0.3) is 11.2 Å². The summed E-state index contributed by atoms with van der Waals surface area (Å²) in [5, 5.41) is 12.3. The van der Waals surface area contributed by atoms with E-state index < -0.39 is 4.92 Å². The van der Waals surface area contributed by atoms with E-state index in [4.69, 9.17) is 4.98 Å². The maximum absolute atomic E-state index is 13.6. The highest BCUT2D eigenvalue weighted by atomic mass is 16.6. The first-order valence-electron chi connectivity index (χ1n) is 9.24. The molecule has 0 N–H and O–H groups in total. The zero-order valence-corrected chi connectivity index (χ0v) is 15.6. The third kappa shape index (κ3) is 2.80. The number of aromatic nitrogens is 3. The molecule has 0 unspecified atom stereocenters. The van der Waals surface area contributed by atoms with Gasteiger partial charge in [-0.1, -0.05) is 30.3 Å². The molecule has 5 rings (SSSR count). The minimum absolute atomic E-state index is 0.0427. The van der Waals surface area contributed by atoms with Crippen molar-refractivity contribution in [2.45, 2.75) is 0 Å². The predicted octanol–water partition coefficient (Wildman–Crippen LogP) is 4.51. The quantitative estimate of drug-likeness (QED) is 0.255. The van der Waals surface area contributed by atoms with Crippen LogP contribution >= 0.6 is 0 Å². The number of benzene rings is 3. The Balaban J connectivity index is 1.89. The third-order valence-corrected chi connectivity index (χ3v) is 4.97. The molecular weight excluding hydrogens is 380 g/mol. The average molecular weight is 394 g/mol. The van der Waals surface area contributed by atoms with E-state index in [9.17, 15) is 14.9 Å². The number of nitro benzene ring substituents is 1. The van der Waals surface area contributed by atoms with Gasteiger partial charge in [0, 0.05) is 29.3 Å². The van der Waals surface area contributed by atoms with Gasteiger partial charge < -0.3 is 0 Å². The van der Waals surface area contributed by atoms with E-state index in [1.54, 1.807) is 30.5 Å². The molecule has 0 fully saturated rings. The molecule has 7 heteroatoms. The fraction of sp³-hybridized carbons (Fsp3) is 0. The first-order valence-corrected chi connectivity index (χ1v) is 9.24. The summed E-state index contributed by atoms with van der Waals surface area (Å²) >= 11 is 0. The predicted molar refractivity (Wildman–Crippen MR) is 115 cm³/mol. The molecule has 0 aliphatic carbocycles. The van der Waals surface area contributed by atoms with Crippen LogP contribution in [0.25, 0.3) is 38.9 Å². The fourth-order valence-electron chi connectivity index (χ4n) is 3.55. The third-order valence-electron chi connectivity index (χ3n) is 4.97. The van der Waals surface area contributed by atoms with E-state index in [2.05, 4.69) is 4.98 Å². The molecule has 0 bridgehead atoms. The van der Waals surface area contributed by atoms with Crippen molar-refractivity contribution in [2.24, 2.45) is 0 Å². The Bertz CT molecular complexity index is 1480. The van der Waals surface area contributed by atoms with E-state index in [1.165, 1.54) is 16.7 Å². The van der Waals surface area contributed by atoms with Gasteiger partial charge in [-0.2, -0.15) is 0 Å². The average Bonchev–Trinajstić information content (AvgIpc) is 2.79. The van der Waals surface area contributed by atoms with Crippen LogP contribution in [0, 0.1) is 10.1 Å². The minimum Gasteiger partial charge on any atom is -0.268 e. The highest BCUT2D eigenvalue weighted by Crippen LogP contribution is 2.26. The minimum atomic E-state index is -0.470. The molecule has 0 saturated heterocycles. The van der Waals surface area contributed by atoms with Crippen LogP contribution in [0.15, 0.2) is 89.9 Å². The summed E-state index contributed by atoms with van der Waals surface area (Å²) in [5.41, 5.74) is 2.30. The number of non-ortho nitro benzene ring substituents is 1. The van der Waals surface area contributed by atoms with Gasteiger partial charge in [-0.3, -0.25) is 24.5 Å². The lowest BCUT2D eigenvalue weighted by atomic mass is 10.1. The molecule has 0 spiro atoms. The number of hydrogen-bond donors (Lipinski definition) is 0. The second-order valence-electron chi connectivity index (χ2n) is 6.75. The molecule has 7 nitrogen and oxygen atoms in total. The largest absolute Gasteiger partial charge is 0.269 e. The number of nitro groups is 1. The molecule has 0 aliphatic heterocycles. The van der Waals surface area contributed by atoms with Gasteiger partial charge in [0.1, 0.15) is 5.82 Å². The van der Waals surface area contributed by atoms with Crippen molar-refractivity contribution in [3.05, 3.63) is 106 Å². The number of nitrogens with zero attached hydrogens (tertiary/aromatic N) is 4. The fourth-order valence-corrected chi connectivity index (χ4v) is 3.55. The Kier molecular flexibility index (Phi) is 4.07. The molecule has 0 atom stereocenters. The maximum atomic E-state index is 13.6. The Morgan fingerprint density at radius 2 is 1.60 bits per heavy atom. The van der Waals surface area contributed by atoms with Crippen molar-refractivity contribution < 1.29 is 4.92 Å². The van der Waals surface area contributed by atoms with E-state index in [0.29, 0.717) is 22.4 Å². The Morgan fingerprint density at radius 3 is 2.33 bits per heavy atom. The monoisotopic (exact) mass is 394 g/mol. The van der Waals surface area contributed by atoms with Gasteiger partial charge in [-0.15, -0.1) is 0 Å². The van der Waals surface area contributed by atoms with Crippen LogP contribution in [0.5, 0.6) is 0 Å². The summed E-state index contributed by atoms with van der Waals surface area (Å²) in [6, 6.07) is 22.5. The standard InChI is InChI=1S/C23H14N4O3/c28-23-19-12-13-20-18(7-4-14-24-20)21(19)25-22(15-5-2-1-3-6-15)26(23)16-8-10-17(11-9-16)27(29)30/h1-14H. The van der Waals surface area contributed by atoms with Gasteiger partial charge in [0.2, 0.25) is 0 Å². The Morgan fingerprint density at radius 1 is 0.833 bits per heavy atom. The Labute approximate surface area is 170 Å². The van der Waals surface area contributed by atoms with Crippen LogP contribution < -0.4 is 5.56 Å². The molecule has 2 heterocycles. The molecule has 30 heavy (non-hydrogen) atoms. The van der Waals surface area contributed by atoms with Crippen molar-refractivity contribution in [1.29, 1.82) is 0 Å². The summed E-state index contributed by atoms with van der Waals surface area (Å²) in [6.45, 7) is 0. The molecule has 0 aliphatic rings. The molecule has 5 aromatic rings.